The van der Waals surface area contributed by atoms with Crippen LogP contribution in [0.5, 0.6) is 0 Å². The molecular formula is C9H22O2. The molecule has 0 radical (unpaired) electrons. The number of hydrogen-bond acceptors (Lipinski definition) is 2. The lowest BCUT2D eigenvalue weighted by atomic mass is 10.0. The van der Waals surface area contributed by atoms with Gasteiger partial charge >= 0.3 is 0 Å². The van der Waals surface area contributed by atoms with E-state index in [9.17, 15) is 0 Å². The van der Waals surface area contributed by atoms with Gasteiger partial charge < -0.3 is 10.2 Å². The van der Waals surface area contributed by atoms with Crippen molar-refractivity contribution in [2.75, 3.05) is 0 Å². The van der Waals surface area contributed by atoms with Crippen LogP contribution in [0.2, 0.25) is 0 Å². The number of hydrogen-bond donors (Lipinski definition) is 2. The highest BCUT2D eigenvalue weighted by atomic mass is 16.3. The van der Waals surface area contributed by atoms with Crippen LogP contribution in [-0.4, -0.2) is 21.9 Å². The van der Waals surface area contributed by atoms with E-state index < -0.39 is 5.60 Å². The van der Waals surface area contributed by atoms with Crippen molar-refractivity contribution < 1.29 is 10.2 Å². The summed E-state index contributed by atoms with van der Waals surface area (Å²) in [6.07, 6.45) is 1.79. The standard InChI is InChI=1S/C6H14O.C3H8O/c1-4-5-6(2,3)7;1-3(2)4/h7H,4-5H2,1-3H3;3-4H,1-2H3. The summed E-state index contributed by atoms with van der Waals surface area (Å²) >= 11 is 0. The average molecular weight is 162 g/mol. The zero-order valence-corrected chi connectivity index (χ0v) is 8.39. The molecule has 0 heterocycles. The third kappa shape index (κ3) is 40.5. The van der Waals surface area contributed by atoms with Gasteiger partial charge in [-0.05, 0) is 34.1 Å². The molecule has 0 rings (SSSR count). The van der Waals surface area contributed by atoms with E-state index in [2.05, 4.69) is 6.92 Å². The summed E-state index contributed by atoms with van der Waals surface area (Å²) in [4.78, 5) is 0. The average Bonchev–Trinajstić information content (AvgIpc) is 1.58. The van der Waals surface area contributed by atoms with E-state index in [0.717, 1.165) is 12.8 Å². The Hall–Kier alpha value is -0.0800. The molecule has 0 aromatic rings. The van der Waals surface area contributed by atoms with Crippen LogP contribution in [0, 0.1) is 0 Å². The molecule has 0 saturated carbocycles. The normalized spacial score (nSPS) is 10.9. The van der Waals surface area contributed by atoms with Crippen LogP contribution >= 0.6 is 0 Å². The summed E-state index contributed by atoms with van der Waals surface area (Å²) in [5, 5.41) is 17.1. The predicted octanol–water partition coefficient (Wildman–Crippen LogP) is 1.94. The van der Waals surface area contributed by atoms with E-state index >= 15 is 0 Å². The lowest BCUT2D eigenvalue weighted by Gasteiger charge is -2.14. The SMILES string of the molecule is CC(C)O.CCCC(C)(C)O. The van der Waals surface area contributed by atoms with Crippen molar-refractivity contribution in [3.63, 3.8) is 0 Å². The summed E-state index contributed by atoms with van der Waals surface area (Å²) in [6, 6.07) is 0. The largest absolute Gasteiger partial charge is 0.394 e. The van der Waals surface area contributed by atoms with E-state index in [-0.39, 0.29) is 6.10 Å². The van der Waals surface area contributed by atoms with Crippen molar-refractivity contribution >= 4 is 0 Å². The Balaban J connectivity index is 0. The van der Waals surface area contributed by atoms with Crippen molar-refractivity contribution in [1.82, 2.24) is 0 Å². The molecule has 0 bridgehead atoms. The summed E-state index contributed by atoms with van der Waals surface area (Å²) in [5.41, 5.74) is -0.450. The Morgan fingerprint density at radius 3 is 1.55 bits per heavy atom. The van der Waals surface area contributed by atoms with Crippen LogP contribution in [0.4, 0.5) is 0 Å². The first-order valence-electron chi connectivity index (χ1n) is 4.20. The maximum atomic E-state index is 9.02. The fourth-order valence-electron chi connectivity index (χ4n) is 0.612. The number of rotatable bonds is 2. The lowest BCUT2D eigenvalue weighted by molar-refractivity contribution is 0.0703. The van der Waals surface area contributed by atoms with E-state index in [1.54, 1.807) is 13.8 Å². The highest BCUT2D eigenvalue weighted by Crippen LogP contribution is 2.08. The second kappa shape index (κ2) is 6.62. The van der Waals surface area contributed by atoms with Crippen LogP contribution in [-0.2, 0) is 0 Å². The smallest absolute Gasteiger partial charge is 0.0591 e. The van der Waals surface area contributed by atoms with Gasteiger partial charge in [-0.15, -0.1) is 0 Å². The quantitative estimate of drug-likeness (QED) is 0.651. The number of aliphatic hydroxyl groups is 2. The highest BCUT2D eigenvalue weighted by molar-refractivity contribution is 4.61. The molecule has 0 aliphatic carbocycles. The molecule has 0 unspecified atom stereocenters. The van der Waals surface area contributed by atoms with Gasteiger partial charge in [-0.2, -0.15) is 0 Å². The molecule has 2 nitrogen and oxygen atoms in total. The van der Waals surface area contributed by atoms with Gasteiger partial charge in [-0.25, -0.2) is 0 Å². The van der Waals surface area contributed by atoms with E-state index in [1.165, 1.54) is 0 Å². The minimum Gasteiger partial charge on any atom is -0.394 e. The Morgan fingerprint density at radius 1 is 1.27 bits per heavy atom. The van der Waals surface area contributed by atoms with Crippen LogP contribution in [0.15, 0.2) is 0 Å². The lowest BCUT2D eigenvalue weighted by Crippen LogP contribution is -2.16. The summed E-state index contributed by atoms with van der Waals surface area (Å²) < 4.78 is 0. The Labute approximate surface area is 70.3 Å². The Bertz CT molecular complexity index is 69.4. The van der Waals surface area contributed by atoms with Gasteiger partial charge in [0, 0.05) is 6.10 Å². The molecule has 0 fully saturated rings. The van der Waals surface area contributed by atoms with Crippen molar-refractivity contribution in [1.29, 1.82) is 0 Å². The molecule has 0 aliphatic heterocycles. The van der Waals surface area contributed by atoms with Gasteiger partial charge in [0.2, 0.25) is 0 Å². The highest BCUT2D eigenvalue weighted by Gasteiger charge is 2.08. The topological polar surface area (TPSA) is 40.5 Å². The molecule has 0 saturated heterocycles. The summed E-state index contributed by atoms with van der Waals surface area (Å²) in [5.74, 6) is 0. The molecule has 0 spiro atoms. The summed E-state index contributed by atoms with van der Waals surface area (Å²) in [7, 11) is 0. The molecule has 2 heteroatoms. The zero-order chi connectivity index (χ0) is 9.49. The van der Waals surface area contributed by atoms with Gasteiger partial charge in [-0.1, -0.05) is 13.3 Å². The second-order valence-corrected chi connectivity index (χ2v) is 3.66. The van der Waals surface area contributed by atoms with Crippen LogP contribution in [0.25, 0.3) is 0 Å². The van der Waals surface area contributed by atoms with E-state index in [0.29, 0.717) is 0 Å². The van der Waals surface area contributed by atoms with Crippen LogP contribution < -0.4 is 0 Å². The molecule has 11 heavy (non-hydrogen) atoms. The zero-order valence-electron chi connectivity index (χ0n) is 8.39. The van der Waals surface area contributed by atoms with E-state index in [1.807, 2.05) is 13.8 Å². The van der Waals surface area contributed by atoms with Gasteiger partial charge in [0.25, 0.3) is 0 Å². The van der Waals surface area contributed by atoms with Crippen LogP contribution in [0.1, 0.15) is 47.5 Å². The monoisotopic (exact) mass is 162 g/mol. The fourth-order valence-corrected chi connectivity index (χ4v) is 0.612. The number of aliphatic hydroxyl groups excluding tert-OH is 1. The maximum absolute atomic E-state index is 9.02. The second-order valence-electron chi connectivity index (χ2n) is 3.66. The fraction of sp³-hybridized carbons (Fsp3) is 1.00. The first-order chi connectivity index (χ1) is 4.79. The third-order valence-electron chi connectivity index (χ3n) is 0.862. The minimum absolute atomic E-state index is 0.167. The van der Waals surface area contributed by atoms with Crippen LogP contribution in [0.3, 0.4) is 0 Å². The first-order valence-corrected chi connectivity index (χ1v) is 4.20. The van der Waals surface area contributed by atoms with Crippen molar-refractivity contribution in [3.8, 4) is 0 Å². The van der Waals surface area contributed by atoms with Crippen molar-refractivity contribution in [2.45, 2.75) is 59.2 Å². The molecule has 0 aromatic carbocycles. The van der Waals surface area contributed by atoms with Gasteiger partial charge in [0.1, 0.15) is 0 Å². The first kappa shape index (κ1) is 13.5. The molecule has 70 valence electrons. The Kier molecular flexibility index (Phi) is 8.13. The van der Waals surface area contributed by atoms with Gasteiger partial charge in [0.15, 0.2) is 0 Å². The predicted molar refractivity (Wildman–Crippen MR) is 48.6 cm³/mol. The van der Waals surface area contributed by atoms with Crippen molar-refractivity contribution in [3.05, 3.63) is 0 Å². The molecule has 0 atom stereocenters. The Morgan fingerprint density at radius 2 is 1.55 bits per heavy atom. The van der Waals surface area contributed by atoms with E-state index in [4.69, 9.17) is 10.2 Å². The minimum atomic E-state index is -0.450. The molecule has 2 N–H and O–H groups in total. The van der Waals surface area contributed by atoms with Gasteiger partial charge in [0.05, 0.1) is 5.60 Å². The molecule has 0 amide bonds. The van der Waals surface area contributed by atoms with Gasteiger partial charge in [-0.3, -0.25) is 0 Å². The molecule has 0 aromatic heterocycles. The molecule has 0 aliphatic rings. The molecular weight excluding hydrogens is 140 g/mol. The maximum Gasteiger partial charge on any atom is 0.0591 e. The van der Waals surface area contributed by atoms with Crippen molar-refractivity contribution in [2.24, 2.45) is 0 Å². The third-order valence-corrected chi connectivity index (χ3v) is 0.862. The summed E-state index contributed by atoms with van der Waals surface area (Å²) in [6.45, 7) is 9.17.